The van der Waals surface area contributed by atoms with E-state index >= 15 is 0 Å². The summed E-state index contributed by atoms with van der Waals surface area (Å²) in [7, 11) is -4.62. The smallest absolute Gasteiger partial charge is 0.726 e. The average molecular weight is 653 g/mol. The van der Waals surface area contributed by atoms with Gasteiger partial charge in [-0.2, -0.15) is 0 Å². The fourth-order valence-corrected chi connectivity index (χ4v) is 6.27. The molecule has 0 radical (unpaired) electrons. The second kappa shape index (κ2) is 37.7. The summed E-state index contributed by atoms with van der Waals surface area (Å²) in [6, 6.07) is 0. The third-order valence-corrected chi connectivity index (χ3v) is 9.16. The van der Waals surface area contributed by atoms with E-state index in [2.05, 4.69) is 30.2 Å². The summed E-state index contributed by atoms with van der Waals surface area (Å²) in [4.78, 5) is 0. The van der Waals surface area contributed by atoms with E-state index in [9.17, 15) is 13.0 Å². The molecule has 0 spiro atoms. The summed E-state index contributed by atoms with van der Waals surface area (Å²) in [6.45, 7) is 4.54. The van der Waals surface area contributed by atoms with Gasteiger partial charge in [0.15, 0.2) is 0 Å². The second-order valence-corrected chi connectivity index (χ2v) is 14.1. The molecule has 4 nitrogen and oxygen atoms in total. The summed E-state index contributed by atoms with van der Waals surface area (Å²) in [5, 5.41) is 0. The van der Waals surface area contributed by atoms with E-state index in [1.54, 1.807) is 0 Å². The van der Waals surface area contributed by atoms with Crippen LogP contribution in [0, 0.1) is 5.92 Å². The van der Waals surface area contributed by atoms with E-state index in [1.165, 1.54) is 180 Å². The molecule has 0 aliphatic carbocycles. The number of hydrogen-bond acceptors (Lipinski definition) is 4. The molecule has 0 aliphatic heterocycles. The summed E-state index contributed by atoms with van der Waals surface area (Å²) in [5.41, 5.74) is 0. The molecule has 0 bridgehead atoms. The first-order valence-electron chi connectivity index (χ1n) is 18.8. The van der Waals surface area contributed by atoms with Crippen LogP contribution < -0.4 is 51.4 Å². The minimum Gasteiger partial charge on any atom is -0.726 e. The minimum atomic E-state index is -4.62. The number of hydrogen-bond donors (Lipinski definition) is 0. The Morgan fingerprint density at radius 1 is 0.512 bits per heavy atom. The van der Waals surface area contributed by atoms with Crippen molar-refractivity contribution < 1.29 is 68.5 Å². The zero-order valence-electron chi connectivity index (χ0n) is 29.4. The Labute approximate surface area is 313 Å². The van der Waals surface area contributed by atoms with Gasteiger partial charge < -0.3 is 4.55 Å². The van der Waals surface area contributed by atoms with Gasteiger partial charge in [-0.25, -0.2) is 8.42 Å². The van der Waals surface area contributed by atoms with Crippen molar-refractivity contribution in [1.82, 2.24) is 0 Å². The van der Waals surface area contributed by atoms with Gasteiger partial charge in [0.1, 0.15) is 0 Å². The molecule has 0 aliphatic rings. The predicted molar refractivity (Wildman–Crippen MR) is 183 cm³/mol. The van der Waals surface area contributed by atoms with Gasteiger partial charge >= 0.3 is 51.4 Å². The van der Waals surface area contributed by atoms with Gasteiger partial charge in [0.2, 0.25) is 10.4 Å². The predicted octanol–water partition coefficient (Wildman–Crippen LogP) is 9.77. The molecular formula is C37H73KO4S. The Morgan fingerprint density at radius 2 is 0.814 bits per heavy atom. The van der Waals surface area contributed by atoms with Crippen molar-refractivity contribution in [3.8, 4) is 0 Å². The Kier molecular flexibility index (Phi) is 40.7. The Hall–Kier alpha value is 1.25. The molecule has 0 aromatic rings. The third kappa shape index (κ3) is 41.2. The van der Waals surface area contributed by atoms with Crippen LogP contribution in [-0.2, 0) is 14.6 Å². The average Bonchev–Trinajstić information content (AvgIpc) is 2.96. The second-order valence-electron chi connectivity index (χ2n) is 13.0. The minimum absolute atomic E-state index is 0. The van der Waals surface area contributed by atoms with Crippen LogP contribution in [0.3, 0.4) is 0 Å². The van der Waals surface area contributed by atoms with Crippen molar-refractivity contribution in [3.63, 3.8) is 0 Å². The van der Waals surface area contributed by atoms with Crippen LogP contribution in [0.4, 0.5) is 0 Å². The maximum Gasteiger partial charge on any atom is 1.00 e. The molecule has 0 saturated heterocycles. The molecule has 0 fully saturated rings. The van der Waals surface area contributed by atoms with E-state index in [-0.39, 0.29) is 63.9 Å². The molecule has 0 heterocycles. The monoisotopic (exact) mass is 652 g/mol. The molecule has 0 saturated carbocycles. The quantitative estimate of drug-likeness (QED) is 0.0225. The topological polar surface area (TPSA) is 66.4 Å². The van der Waals surface area contributed by atoms with Gasteiger partial charge in [-0.15, -0.1) is 0 Å². The Balaban J connectivity index is 0. The summed E-state index contributed by atoms with van der Waals surface area (Å²) < 4.78 is 37.5. The molecule has 0 N–H and O–H groups in total. The molecule has 252 valence electrons. The molecule has 43 heavy (non-hydrogen) atoms. The number of unbranched alkanes of at least 4 members (excludes halogenated alkanes) is 28. The van der Waals surface area contributed by atoms with Gasteiger partial charge in [-0.3, -0.25) is 4.18 Å². The Morgan fingerprint density at radius 3 is 1.14 bits per heavy atom. The molecule has 0 amide bonds. The Bertz CT molecular complexity index is 653. The molecule has 6 heteroatoms. The zero-order chi connectivity index (χ0) is 30.8. The van der Waals surface area contributed by atoms with Crippen LogP contribution in [0.25, 0.3) is 0 Å². The maximum absolute atomic E-state index is 11.0. The summed E-state index contributed by atoms with van der Waals surface area (Å²) in [6.07, 6.45) is 45.3. The molecule has 1 unspecified atom stereocenters. The number of allylic oxidation sites excluding steroid dienone is 1. The molecule has 0 rings (SSSR count). The van der Waals surface area contributed by atoms with Crippen LogP contribution >= 0.6 is 0 Å². The van der Waals surface area contributed by atoms with Crippen LogP contribution in [-0.4, -0.2) is 19.6 Å². The van der Waals surface area contributed by atoms with E-state index in [0.29, 0.717) is 0 Å². The van der Waals surface area contributed by atoms with E-state index in [0.717, 1.165) is 19.3 Å². The molecular weight excluding hydrogens is 580 g/mol. The van der Waals surface area contributed by atoms with Gasteiger partial charge in [0.05, 0.1) is 6.61 Å². The van der Waals surface area contributed by atoms with Gasteiger partial charge in [-0.05, 0) is 19.3 Å². The summed E-state index contributed by atoms with van der Waals surface area (Å²) >= 11 is 0. The summed E-state index contributed by atoms with van der Waals surface area (Å²) in [5.74, 6) is 0.0162. The van der Waals surface area contributed by atoms with Crippen molar-refractivity contribution in [3.05, 3.63) is 12.2 Å². The fraction of sp³-hybridized carbons (Fsp3) is 0.946. The third-order valence-electron chi connectivity index (χ3n) is 8.74. The first kappa shape index (κ1) is 46.4. The normalized spacial score (nSPS) is 12.6. The van der Waals surface area contributed by atoms with Crippen LogP contribution in [0.2, 0.25) is 0 Å². The maximum atomic E-state index is 11.0. The number of rotatable bonds is 35. The van der Waals surface area contributed by atoms with Crippen molar-refractivity contribution in [2.24, 2.45) is 5.92 Å². The fourth-order valence-electron chi connectivity index (χ4n) is 5.93. The van der Waals surface area contributed by atoms with Crippen LogP contribution in [0.15, 0.2) is 12.2 Å². The molecule has 1 atom stereocenters. The van der Waals surface area contributed by atoms with Crippen molar-refractivity contribution in [2.45, 2.75) is 213 Å². The van der Waals surface area contributed by atoms with E-state index < -0.39 is 10.4 Å². The zero-order valence-corrected chi connectivity index (χ0v) is 33.3. The largest absolute Gasteiger partial charge is 1.00 e. The van der Waals surface area contributed by atoms with Gasteiger partial charge in [0, 0.05) is 5.92 Å². The standard InChI is InChI=1S/C37H74O4S.K/c1-3-5-7-9-11-13-15-17-18-19-20-21-23-25-27-29-31-33-35-37(36-41-42(38,39)40)34-32-30-28-26-24-22-16-14-12-10-8-6-4-2;/h33,35,37H,3-32,34,36H2,1-2H3,(H,38,39,40);/q;+1/p-1/b35-33+;. The van der Waals surface area contributed by atoms with E-state index in [1.807, 2.05) is 0 Å². The SMILES string of the molecule is CCCCCCCCCCCCCCCCCC/C=C/C(CCCCCCCCCCCCCCC)COS(=O)(=O)[O-].[K+]. The first-order chi connectivity index (χ1) is 20.5. The molecule has 0 aromatic carbocycles. The van der Waals surface area contributed by atoms with Crippen molar-refractivity contribution >= 4 is 10.4 Å². The first-order valence-corrected chi connectivity index (χ1v) is 20.1. The van der Waals surface area contributed by atoms with Crippen LogP contribution in [0.1, 0.15) is 213 Å². The van der Waals surface area contributed by atoms with Crippen molar-refractivity contribution in [1.29, 1.82) is 0 Å². The van der Waals surface area contributed by atoms with Gasteiger partial charge in [-0.1, -0.05) is 206 Å². The molecule has 0 aromatic heterocycles. The van der Waals surface area contributed by atoms with E-state index in [4.69, 9.17) is 0 Å². The van der Waals surface area contributed by atoms with Crippen LogP contribution in [0.5, 0.6) is 0 Å². The van der Waals surface area contributed by atoms with Crippen molar-refractivity contribution in [2.75, 3.05) is 6.61 Å². The van der Waals surface area contributed by atoms with Gasteiger partial charge in [0.25, 0.3) is 0 Å².